The van der Waals surface area contributed by atoms with Crippen LogP contribution in [0.25, 0.3) is 0 Å². The van der Waals surface area contributed by atoms with Crippen molar-refractivity contribution >= 4 is 18.3 Å². The van der Waals surface area contributed by atoms with Crippen molar-refractivity contribution < 1.29 is 4.79 Å². The molecule has 1 saturated heterocycles. The fraction of sp³-hybridized carbons (Fsp3) is 0.714. The lowest BCUT2D eigenvalue weighted by molar-refractivity contribution is 0.0689. The van der Waals surface area contributed by atoms with Crippen molar-refractivity contribution in [3.05, 3.63) is 17.5 Å². The summed E-state index contributed by atoms with van der Waals surface area (Å²) in [6, 6.07) is 0. The maximum Gasteiger partial charge on any atom is 0.257 e. The molecule has 0 spiro atoms. The molecule has 1 aliphatic rings. The van der Waals surface area contributed by atoms with Crippen LogP contribution in [0.5, 0.6) is 0 Å². The molecule has 0 bridgehead atoms. The predicted octanol–water partition coefficient (Wildman–Crippen LogP) is 1.61. The Bertz CT molecular complexity index is 438. The van der Waals surface area contributed by atoms with Crippen molar-refractivity contribution in [2.75, 3.05) is 26.2 Å². The molecule has 1 aromatic heterocycles. The van der Waals surface area contributed by atoms with Gasteiger partial charge in [0.15, 0.2) is 0 Å². The summed E-state index contributed by atoms with van der Waals surface area (Å²) >= 11 is 0. The molecule has 0 saturated carbocycles. The number of nitrogens with zero attached hydrogens (tertiary/aromatic N) is 3. The average molecular weight is 301 g/mol. The third-order valence-corrected chi connectivity index (χ3v) is 3.83. The van der Waals surface area contributed by atoms with Crippen LogP contribution in [0.3, 0.4) is 0 Å². The Morgan fingerprint density at radius 1 is 1.45 bits per heavy atom. The van der Waals surface area contributed by atoms with Crippen LogP contribution in [0.2, 0.25) is 0 Å². The highest BCUT2D eigenvalue weighted by Gasteiger charge is 2.25. The van der Waals surface area contributed by atoms with Gasteiger partial charge in [0.05, 0.1) is 11.3 Å². The van der Waals surface area contributed by atoms with Crippen LogP contribution in [0.1, 0.15) is 35.8 Å². The molecule has 6 heteroatoms. The molecule has 0 aliphatic carbocycles. The largest absolute Gasteiger partial charge is 0.339 e. The lowest BCUT2D eigenvalue weighted by Gasteiger charge is -2.32. The third kappa shape index (κ3) is 3.96. The summed E-state index contributed by atoms with van der Waals surface area (Å²) in [4.78, 5) is 14.4. The number of aryl methyl sites for hydroxylation is 2. The van der Waals surface area contributed by atoms with E-state index >= 15 is 0 Å². The standard InChI is InChI=1S/C14H24N4O.ClH/c1-4-15-9-12-5-7-18(8-6-12)14(19)13-10-17(3)16-11(13)2;/h10,12,15H,4-9H2,1-3H3;1H. The summed E-state index contributed by atoms with van der Waals surface area (Å²) in [5.74, 6) is 0.839. The molecule has 2 heterocycles. The summed E-state index contributed by atoms with van der Waals surface area (Å²) in [5, 5.41) is 7.63. The summed E-state index contributed by atoms with van der Waals surface area (Å²) in [7, 11) is 1.85. The molecule has 0 radical (unpaired) electrons. The number of hydrogen-bond donors (Lipinski definition) is 1. The second-order valence-electron chi connectivity index (χ2n) is 5.35. The van der Waals surface area contributed by atoms with Crippen LogP contribution in [0.4, 0.5) is 0 Å². The first kappa shape index (κ1) is 17.0. The number of likely N-dealkylation sites (tertiary alicyclic amines) is 1. The molecule has 5 nitrogen and oxygen atoms in total. The van der Waals surface area contributed by atoms with Crippen LogP contribution < -0.4 is 5.32 Å². The molecule has 2 rings (SSSR count). The SMILES string of the molecule is CCNCC1CCN(C(=O)c2cn(C)nc2C)CC1.Cl. The van der Waals surface area contributed by atoms with Crippen LogP contribution >= 0.6 is 12.4 Å². The van der Waals surface area contributed by atoms with Crippen molar-refractivity contribution in [2.24, 2.45) is 13.0 Å². The molecular formula is C14H25ClN4O. The molecule has 20 heavy (non-hydrogen) atoms. The number of carbonyl (C=O) groups excluding carboxylic acids is 1. The Hall–Kier alpha value is -1.07. The first-order chi connectivity index (χ1) is 9.11. The molecule has 1 aromatic rings. The molecular weight excluding hydrogens is 276 g/mol. The normalized spacial score (nSPS) is 16.1. The maximum absolute atomic E-state index is 12.4. The lowest BCUT2D eigenvalue weighted by Crippen LogP contribution is -2.40. The minimum atomic E-state index is 0. The van der Waals surface area contributed by atoms with Gasteiger partial charge in [-0.15, -0.1) is 12.4 Å². The van der Waals surface area contributed by atoms with E-state index in [-0.39, 0.29) is 18.3 Å². The Morgan fingerprint density at radius 3 is 2.60 bits per heavy atom. The highest BCUT2D eigenvalue weighted by atomic mass is 35.5. The van der Waals surface area contributed by atoms with Gasteiger partial charge in [0.25, 0.3) is 5.91 Å². The van der Waals surface area contributed by atoms with Crippen molar-refractivity contribution in [1.82, 2.24) is 20.0 Å². The van der Waals surface area contributed by atoms with Gasteiger partial charge in [-0.3, -0.25) is 9.48 Å². The fourth-order valence-corrected chi connectivity index (χ4v) is 2.67. The van der Waals surface area contributed by atoms with Gasteiger partial charge >= 0.3 is 0 Å². The molecule has 1 N–H and O–H groups in total. The number of halogens is 1. The number of hydrogen-bond acceptors (Lipinski definition) is 3. The zero-order valence-electron chi connectivity index (χ0n) is 12.6. The Morgan fingerprint density at radius 2 is 2.10 bits per heavy atom. The Kier molecular flexibility index (Phi) is 6.49. The van der Waals surface area contributed by atoms with Crippen molar-refractivity contribution in [3.63, 3.8) is 0 Å². The van der Waals surface area contributed by atoms with Gasteiger partial charge in [-0.25, -0.2) is 0 Å². The minimum absolute atomic E-state index is 0. The number of carbonyl (C=O) groups is 1. The zero-order valence-corrected chi connectivity index (χ0v) is 13.4. The van der Waals surface area contributed by atoms with Gasteiger partial charge in [0, 0.05) is 26.3 Å². The smallest absolute Gasteiger partial charge is 0.257 e. The van der Waals surface area contributed by atoms with Crippen molar-refractivity contribution in [2.45, 2.75) is 26.7 Å². The second-order valence-corrected chi connectivity index (χ2v) is 5.35. The van der Waals surface area contributed by atoms with E-state index in [4.69, 9.17) is 0 Å². The number of aromatic nitrogens is 2. The van der Waals surface area contributed by atoms with E-state index < -0.39 is 0 Å². The van der Waals surface area contributed by atoms with Gasteiger partial charge < -0.3 is 10.2 Å². The number of amides is 1. The summed E-state index contributed by atoms with van der Waals surface area (Å²) in [5.41, 5.74) is 1.56. The highest BCUT2D eigenvalue weighted by Crippen LogP contribution is 2.19. The highest BCUT2D eigenvalue weighted by molar-refractivity contribution is 5.95. The quantitative estimate of drug-likeness (QED) is 0.919. The topological polar surface area (TPSA) is 50.2 Å². The average Bonchev–Trinajstić information content (AvgIpc) is 2.75. The lowest BCUT2D eigenvalue weighted by atomic mass is 9.96. The number of nitrogens with one attached hydrogen (secondary N) is 1. The van der Waals surface area contributed by atoms with Crippen LogP contribution in [-0.2, 0) is 7.05 Å². The van der Waals surface area contributed by atoms with E-state index in [0.29, 0.717) is 5.92 Å². The van der Waals surface area contributed by atoms with Gasteiger partial charge in [-0.1, -0.05) is 6.92 Å². The van der Waals surface area contributed by atoms with Gasteiger partial charge in [0.2, 0.25) is 0 Å². The zero-order chi connectivity index (χ0) is 13.8. The van der Waals surface area contributed by atoms with Gasteiger partial charge in [-0.05, 0) is 38.8 Å². The van der Waals surface area contributed by atoms with Crippen molar-refractivity contribution in [1.29, 1.82) is 0 Å². The van der Waals surface area contributed by atoms with Crippen molar-refractivity contribution in [3.8, 4) is 0 Å². The van der Waals surface area contributed by atoms with Crippen LogP contribution in [0, 0.1) is 12.8 Å². The molecule has 0 unspecified atom stereocenters. The third-order valence-electron chi connectivity index (χ3n) is 3.83. The first-order valence-electron chi connectivity index (χ1n) is 7.12. The molecule has 114 valence electrons. The van der Waals surface area contributed by atoms with E-state index in [1.165, 1.54) is 0 Å². The molecule has 0 atom stereocenters. The fourth-order valence-electron chi connectivity index (χ4n) is 2.67. The van der Waals surface area contributed by atoms with Gasteiger partial charge in [0.1, 0.15) is 0 Å². The molecule has 1 aliphatic heterocycles. The maximum atomic E-state index is 12.4. The number of piperidine rings is 1. The Balaban J connectivity index is 0.00000200. The first-order valence-corrected chi connectivity index (χ1v) is 7.12. The second kappa shape index (κ2) is 7.64. The van der Waals surface area contributed by atoms with E-state index in [1.807, 2.05) is 25.1 Å². The molecule has 0 aromatic carbocycles. The van der Waals surface area contributed by atoms with Crippen LogP contribution in [-0.4, -0.2) is 46.8 Å². The summed E-state index contributed by atoms with van der Waals surface area (Å²) in [6.07, 6.45) is 4.01. The summed E-state index contributed by atoms with van der Waals surface area (Å²) in [6.45, 7) is 7.85. The van der Waals surface area contributed by atoms with E-state index in [9.17, 15) is 4.79 Å². The predicted molar refractivity (Wildman–Crippen MR) is 82.4 cm³/mol. The van der Waals surface area contributed by atoms with E-state index in [0.717, 1.165) is 50.3 Å². The van der Waals surface area contributed by atoms with Crippen LogP contribution in [0.15, 0.2) is 6.20 Å². The van der Waals surface area contributed by atoms with E-state index in [2.05, 4.69) is 17.3 Å². The molecule has 1 amide bonds. The molecule has 1 fully saturated rings. The monoisotopic (exact) mass is 300 g/mol. The minimum Gasteiger partial charge on any atom is -0.339 e. The van der Waals surface area contributed by atoms with E-state index in [1.54, 1.807) is 4.68 Å². The number of rotatable bonds is 4. The Labute approximate surface area is 127 Å². The summed E-state index contributed by atoms with van der Waals surface area (Å²) < 4.78 is 1.71. The van der Waals surface area contributed by atoms with Gasteiger partial charge in [-0.2, -0.15) is 5.10 Å².